The first-order valence-electron chi connectivity index (χ1n) is 10.1. The van der Waals surface area contributed by atoms with Crippen LogP contribution < -0.4 is 0 Å². The van der Waals surface area contributed by atoms with Crippen molar-refractivity contribution in [2.45, 2.75) is 12.7 Å². The Hall–Kier alpha value is -3.69. The largest absolute Gasteiger partial charge is 0.432 e. The predicted octanol–water partition coefficient (Wildman–Crippen LogP) is 6.69. The maximum atomic E-state index is 14.5. The molecule has 0 aliphatic carbocycles. The topological polar surface area (TPSA) is 73.8 Å². The molecule has 0 aliphatic rings. The van der Waals surface area contributed by atoms with Gasteiger partial charge in [-0.2, -0.15) is 13.2 Å². The van der Waals surface area contributed by atoms with Crippen molar-refractivity contribution in [3.05, 3.63) is 100 Å². The third-order valence-electron chi connectivity index (χ3n) is 5.31. The number of hydrogen-bond acceptors (Lipinski definition) is 5. The van der Waals surface area contributed by atoms with Crippen molar-refractivity contribution in [1.29, 1.82) is 0 Å². The molecule has 0 amide bonds. The van der Waals surface area contributed by atoms with E-state index in [1.54, 1.807) is 24.3 Å². The Bertz CT molecular complexity index is 1550. The van der Waals surface area contributed by atoms with Crippen LogP contribution in [-0.4, -0.2) is 25.3 Å². The van der Waals surface area contributed by atoms with Crippen molar-refractivity contribution in [3.8, 4) is 11.5 Å². The minimum Gasteiger partial charge on any atom is -0.432 e. The number of carbonyl (C=O) groups is 1. The number of halogens is 5. The van der Waals surface area contributed by atoms with E-state index in [-0.39, 0.29) is 28.2 Å². The maximum absolute atomic E-state index is 14.5. The minimum atomic E-state index is -4.87. The Labute approximate surface area is 206 Å². The molecule has 0 N–H and O–H groups in total. The summed E-state index contributed by atoms with van der Waals surface area (Å²) in [5.74, 6) is -1.42. The second-order valence-corrected chi connectivity index (χ2v) is 8.42. The average molecular weight is 517 g/mol. The Morgan fingerprint density at radius 1 is 1.00 bits per heavy atom. The zero-order chi connectivity index (χ0) is 24.7. The molecule has 176 valence electrons. The summed E-state index contributed by atoms with van der Waals surface area (Å²) in [7, 11) is 0. The van der Waals surface area contributed by atoms with Gasteiger partial charge in [-0.3, -0.25) is 4.79 Å². The molecular weight excluding hydrogens is 504 g/mol. The van der Waals surface area contributed by atoms with E-state index in [1.165, 1.54) is 43.0 Å². The number of oxazole rings is 1. The quantitative estimate of drug-likeness (QED) is 0.243. The van der Waals surface area contributed by atoms with E-state index in [0.717, 1.165) is 4.57 Å². The molecule has 0 fully saturated rings. The molecule has 35 heavy (non-hydrogen) atoms. The number of rotatable bonds is 5. The molecule has 11 heteroatoms. The first-order chi connectivity index (χ1) is 16.7. The summed E-state index contributed by atoms with van der Waals surface area (Å²) in [4.78, 5) is 25.2. The molecular formula is C24H13Cl2F3N4O2. The summed E-state index contributed by atoms with van der Waals surface area (Å²) in [5, 5.41) is 0.664. The summed E-state index contributed by atoms with van der Waals surface area (Å²) >= 11 is 12.0. The number of fused-ring (bicyclic) bond motifs is 1. The first kappa shape index (κ1) is 23.1. The van der Waals surface area contributed by atoms with Crippen LogP contribution in [0.5, 0.6) is 0 Å². The van der Waals surface area contributed by atoms with Gasteiger partial charge < -0.3 is 8.98 Å². The summed E-state index contributed by atoms with van der Waals surface area (Å²) in [5.41, 5.74) is -0.650. The van der Waals surface area contributed by atoms with Crippen LogP contribution in [0.25, 0.3) is 22.4 Å². The van der Waals surface area contributed by atoms with Crippen molar-refractivity contribution in [2.24, 2.45) is 0 Å². The molecule has 0 radical (unpaired) electrons. The fourth-order valence-electron chi connectivity index (χ4n) is 3.83. The van der Waals surface area contributed by atoms with Crippen LogP contribution in [0.2, 0.25) is 10.0 Å². The summed E-state index contributed by atoms with van der Waals surface area (Å²) in [6, 6.07) is 12.2. The second-order valence-electron chi connectivity index (χ2n) is 7.55. The Morgan fingerprint density at radius 2 is 1.74 bits per heavy atom. The van der Waals surface area contributed by atoms with Crippen molar-refractivity contribution in [1.82, 2.24) is 19.5 Å². The molecule has 3 heterocycles. The van der Waals surface area contributed by atoms with Crippen LogP contribution in [0, 0.1) is 0 Å². The number of benzene rings is 2. The van der Waals surface area contributed by atoms with Gasteiger partial charge in [-0.1, -0.05) is 35.3 Å². The predicted molar refractivity (Wildman–Crippen MR) is 123 cm³/mol. The second kappa shape index (κ2) is 8.83. The van der Waals surface area contributed by atoms with Crippen molar-refractivity contribution >= 4 is 39.9 Å². The molecule has 2 aromatic carbocycles. The smallest absolute Gasteiger partial charge is 0.432 e. The van der Waals surface area contributed by atoms with Crippen molar-refractivity contribution in [2.75, 3.05) is 0 Å². The number of ketones is 1. The molecule has 3 aromatic heterocycles. The standard InChI is InChI=1S/C24H13Cl2F3N4O2/c25-14-3-1-13(2-4-14)11-33-18-6-5-15(26)9-16(18)20(22(33)24(27,28)29)21(34)23-31-10-19(35-23)17-7-8-30-12-32-17/h1-10,12H,11H2. The van der Waals surface area contributed by atoms with Crippen LogP contribution in [0.3, 0.4) is 0 Å². The lowest BCUT2D eigenvalue weighted by Crippen LogP contribution is -2.18. The van der Waals surface area contributed by atoms with Crippen LogP contribution in [0.1, 0.15) is 27.5 Å². The van der Waals surface area contributed by atoms with Gasteiger partial charge in [-0.25, -0.2) is 15.0 Å². The van der Waals surface area contributed by atoms with E-state index in [1.807, 2.05) is 0 Å². The van der Waals surface area contributed by atoms with E-state index in [4.69, 9.17) is 27.6 Å². The highest BCUT2D eigenvalue weighted by Crippen LogP contribution is 2.40. The van der Waals surface area contributed by atoms with Gasteiger partial charge in [0.1, 0.15) is 17.7 Å². The lowest BCUT2D eigenvalue weighted by Gasteiger charge is -2.14. The van der Waals surface area contributed by atoms with Gasteiger partial charge in [-0.15, -0.1) is 0 Å². The van der Waals surface area contributed by atoms with Crippen molar-refractivity contribution in [3.63, 3.8) is 0 Å². The van der Waals surface area contributed by atoms with Crippen LogP contribution in [-0.2, 0) is 12.7 Å². The Morgan fingerprint density at radius 3 is 2.43 bits per heavy atom. The van der Waals surface area contributed by atoms with Gasteiger partial charge >= 0.3 is 6.18 Å². The molecule has 6 nitrogen and oxygen atoms in total. The number of nitrogens with zero attached hydrogens (tertiary/aromatic N) is 4. The number of carbonyl (C=O) groups excluding carboxylic acids is 1. The molecule has 0 saturated heterocycles. The molecule has 0 unspecified atom stereocenters. The van der Waals surface area contributed by atoms with E-state index in [9.17, 15) is 18.0 Å². The van der Waals surface area contributed by atoms with Gasteiger partial charge in [0.05, 0.1) is 11.8 Å². The highest BCUT2D eigenvalue weighted by Gasteiger charge is 2.42. The minimum absolute atomic E-state index is 0.0329. The van der Waals surface area contributed by atoms with Gasteiger partial charge in [0.25, 0.3) is 11.7 Å². The molecule has 0 saturated carbocycles. The third-order valence-corrected chi connectivity index (χ3v) is 5.80. The normalized spacial score (nSPS) is 11.8. The van der Waals surface area contributed by atoms with Crippen LogP contribution in [0.4, 0.5) is 13.2 Å². The van der Waals surface area contributed by atoms with E-state index in [0.29, 0.717) is 16.3 Å². The SMILES string of the molecule is O=C(c1ncc(-c2ccncn2)o1)c1c(C(F)(F)F)n(Cc2ccc(Cl)cc2)c2ccc(Cl)cc12. The maximum Gasteiger partial charge on any atom is 0.432 e. The first-order valence-corrected chi connectivity index (χ1v) is 10.9. The van der Waals surface area contributed by atoms with Gasteiger partial charge in [0.2, 0.25) is 0 Å². The zero-order valence-electron chi connectivity index (χ0n) is 17.6. The van der Waals surface area contributed by atoms with E-state index in [2.05, 4.69) is 15.0 Å². The molecule has 0 spiro atoms. The summed E-state index contributed by atoms with van der Waals surface area (Å²) in [6.45, 7) is -0.158. The van der Waals surface area contributed by atoms with Crippen LogP contribution in [0.15, 0.2) is 71.7 Å². The fourth-order valence-corrected chi connectivity index (χ4v) is 4.13. The number of hydrogen-bond donors (Lipinski definition) is 0. The summed E-state index contributed by atoms with van der Waals surface area (Å²) in [6.07, 6.45) is -0.915. The lowest BCUT2D eigenvalue weighted by atomic mass is 10.1. The van der Waals surface area contributed by atoms with E-state index >= 15 is 0 Å². The highest BCUT2D eigenvalue weighted by atomic mass is 35.5. The van der Waals surface area contributed by atoms with Gasteiger partial charge in [0, 0.05) is 33.7 Å². The molecule has 5 rings (SSSR count). The lowest BCUT2D eigenvalue weighted by molar-refractivity contribution is -0.143. The monoisotopic (exact) mass is 516 g/mol. The van der Waals surface area contributed by atoms with Crippen molar-refractivity contribution < 1.29 is 22.4 Å². The molecule has 0 atom stereocenters. The van der Waals surface area contributed by atoms with Gasteiger partial charge in [-0.05, 0) is 42.0 Å². The van der Waals surface area contributed by atoms with Crippen LogP contribution >= 0.6 is 23.2 Å². The average Bonchev–Trinajstić information content (AvgIpc) is 3.44. The highest BCUT2D eigenvalue weighted by molar-refractivity contribution is 6.32. The molecule has 0 bridgehead atoms. The zero-order valence-corrected chi connectivity index (χ0v) is 19.1. The molecule has 0 aliphatic heterocycles. The molecule has 5 aromatic rings. The third kappa shape index (κ3) is 4.40. The Kier molecular flexibility index (Phi) is 5.82. The van der Waals surface area contributed by atoms with Gasteiger partial charge in [0.15, 0.2) is 5.76 Å². The fraction of sp³-hybridized carbons (Fsp3) is 0.0833. The number of alkyl halides is 3. The Balaban J connectivity index is 1.70. The number of aromatic nitrogens is 4. The van der Waals surface area contributed by atoms with E-state index < -0.39 is 29.1 Å². The summed E-state index contributed by atoms with van der Waals surface area (Å²) < 4.78 is 49.9.